The average Bonchev–Trinajstić information content (AvgIpc) is 2.27. The molecule has 0 aliphatic carbocycles. The third-order valence-electron chi connectivity index (χ3n) is 2.93. The third kappa shape index (κ3) is 2.20. The van der Waals surface area contributed by atoms with Crippen molar-refractivity contribution >= 4 is 0 Å². The zero-order valence-electron chi connectivity index (χ0n) is 10.2. The summed E-state index contributed by atoms with van der Waals surface area (Å²) in [5.41, 5.74) is 0.866. The fourth-order valence-electron chi connectivity index (χ4n) is 1.99. The molecule has 18 heavy (non-hydrogen) atoms. The lowest BCUT2D eigenvalue weighted by atomic mass is 9.93. The molecule has 1 unspecified atom stereocenters. The maximum absolute atomic E-state index is 11.7. The van der Waals surface area contributed by atoms with E-state index in [2.05, 4.69) is 9.97 Å². The molecule has 0 aliphatic rings. The Kier molecular flexibility index (Phi) is 3.06. The summed E-state index contributed by atoms with van der Waals surface area (Å²) in [6, 6.07) is 7.65. The second-order valence-electron chi connectivity index (χ2n) is 4.31. The molecular weight excluding hydrogens is 232 g/mol. The van der Waals surface area contributed by atoms with E-state index in [0.29, 0.717) is 0 Å². The fourth-order valence-corrected chi connectivity index (χ4v) is 1.99. The number of aryl methyl sites for hydroxylation is 1. The van der Waals surface area contributed by atoms with E-state index in [-0.39, 0.29) is 17.4 Å². The summed E-state index contributed by atoms with van der Waals surface area (Å²) in [7, 11) is 0. The molecule has 1 atom stereocenters. The number of H-pyrrole nitrogens is 2. The van der Waals surface area contributed by atoms with E-state index in [4.69, 9.17) is 0 Å². The van der Waals surface area contributed by atoms with Gasteiger partial charge < -0.3 is 5.11 Å². The molecule has 0 bridgehead atoms. The first-order chi connectivity index (χ1) is 8.49. The molecule has 0 fully saturated rings. The Morgan fingerprint density at radius 1 is 1.22 bits per heavy atom. The van der Waals surface area contributed by atoms with Crippen LogP contribution in [0, 0.1) is 6.92 Å². The Morgan fingerprint density at radius 2 is 1.94 bits per heavy atom. The minimum Gasteiger partial charge on any atom is -0.494 e. The monoisotopic (exact) mass is 246 g/mol. The van der Waals surface area contributed by atoms with Crippen LogP contribution < -0.4 is 11.2 Å². The average molecular weight is 246 g/mol. The first-order valence-corrected chi connectivity index (χ1v) is 5.61. The Balaban J connectivity index is 2.56. The van der Waals surface area contributed by atoms with Crippen molar-refractivity contribution in [2.75, 3.05) is 0 Å². The molecule has 1 aromatic heterocycles. The summed E-state index contributed by atoms with van der Waals surface area (Å²) < 4.78 is 0. The fraction of sp³-hybridized carbons (Fsp3) is 0.231. The van der Waals surface area contributed by atoms with E-state index in [1.54, 1.807) is 6.92 Å². The summed E-state index contributed by atoms with van der Waals surface area (Å²) in [6.07, 6.45) is 0. The molecule has 0 saturated heterocycles. The molecule has 0 aliphatic heterocycles. The first-order valence-electron chi connectivity index (χ1n) is 5.61. The molecule has 0 saturated carbocycles. The van der Waals surface area contributed by atoms with Crippen LogP contribution in [0.25, 0.3) is 0 Å². The van der Waals surface area contributed by atoms with Crippen LogP contribution in [0.1, 0.15) is 29.5 Å². The van der Waals surface area contributed by atoms with Gasteiger partial charge in [-0.25, -0.2) is 4.79 Å². The van der Waals surface area contributed by atoms with E-state index < -0.39 is 11.2 Å². The number of nitrogens with one attached hydrogen (secondary N) is 2. The Morgan fingerprint density at radius 3 is 2.56 bits per heavy atom. The maximum Gasteiger partial charge on any atom is 0.328 e. The number of aromatic nitrogens is 2. The van der Waals surface area contributed by atoms with E-state index in [9.17, 15) is 14.7 Å². The van der Waals surface area contributed by atoms with Crippen molar-refractivity contribution in [3.8, 4) is 5.88 Å². The molecule has 0 amide bonds. The number of rotatable bonds is 2. The quantitative estimate of drug-likeness (QED) is 0.745. The number of hydrogen-bond donors (Lipinski definition) is 3. The third-order valence-corrected chi connectivity index (χ3v) is 2.93. The maximum atomic E-state index is 11.7. The Hall–Kier alpha value is -2.30. The second-order valence-corrected chi connectivity index (χ2v) is 4.31. The van der Waals surface area contributed by atoms with Gasteiger partial charge in [-0.2, -0.15) is 0 Å². The molecule has 2 aromatic rings. The van der Waals surface area contributed by atoms with Gasteiger partial charge in [0.05, 0.1) is 5.56 Å². The number of benzene rings is 1. The van der Waals surface area contributed by atoms with Gasteiger partial charge in [-0.15, -0.1) is 0 Å². The lowest BCUT2D eigenvalue weighted by molar-refractivity contribution is 0.438. The van der Waals surface area contributed by atoms with Gasteiger partial charge in [0.2, 0.25) is 5.88 Å². The van der Waals surface area contributed by atoms with Crippen LogP contribution in [-0.4, -0.2) is 15.1 Å². The van der Waals surface area contributed by atoms with Gasteiger partial charge in [0, 0.05) is 5.92 Å². The molecule has 3 N–H and O–H groups in total. The van der Waals surface area contributed by atoms with Crippen LogP contribution in [-0.2, 0) is 0 Å². The minimum absolute atomic E-state index is 0.167. The highest BCUT2D eigenvalue weighted by Crippen LogP contribution is 2.26. The van der Waals surface area contributed by atoms with Gasteiger partial charge in [-0.3, -0.25) is 14.8 Å². The van der Waals surface area contributed by atoms with Crippen LogP contribution in [0.5, 0.6) is 5.88 Å². The van der Waals surface area contributed by atoms with Crippen LogP contribution in [0.2, 0.25) is 0 Å². The van der Waals surface area contributed by atoms with Crippen LogP contribution in [0.4, 0.5) is 0 Å². The molecule has 0 radical (unpaired) electrons. The smallest absolute Gasteiger partial charge is 0.328 e. The van der Waals surface area contributed by atoms with Gasteiger partial charge >= 0.3 is 5.69 Å². The van der Waals surface area contributed by atoms with Crippen molar-refractivity contribution < 1.29 is 5.11 Å². The topological polar surface area (TPSA) is 85.9 Å². The Labute approximate surface area is 103 Å². The highest BCUT2D eigenvalue weighted by atomic mass is 16.3. The first kappa shape index (κ1) is 12.2. The van der Waals surface area contributed by atoms with E-state index >= 15 is 0 Å². The number of hydrogen-bond acceptors (Lipinski definition) is 3. The van der Waals surface area contributed by atoms with Gasteiger partial charge in [0.15, 0.2) is 0 Å². The summed E-state index contributed by atoms with van der Waals surface area (Å²) in [5.74, 6) is -0.678. The molecule has 5 nitrogen and oxygen atoms in total. The normalized spacial score (nSPS) is 12.3. The molecule has 1 aromatic carbocycles. The lowest BCUT2D eigenvalue weighted by Crippen LogP contribution is -2.26. The van der Waals surface area contributed by atoms with E-state index in [1.165, 1.54) is 0 Å². The van der Waals surface area contributed by atoms with Gasteiger partial charge in [0.1, 0.15) is 0 Å². The van der Waals surface area contributed by atoms with Gasteiger partial charge in [-0.05, 0) is 12.5 Å². The van der Waals surface area contributed by atoms with Crippen LogP contribution >= 0.6 is 0 Å². The summed E-state index contributed by atoms with van der Waals surface area (Å²) in [6.45, 7) is 3.75. The van der Waals surface area contributed by atoms with Crippen molar-refractivity contribution in [1.82, 2.24) is 9.97 Å². The SMILES string of the molecule is Cc1cccc(C(C)c2c(O)[nH]c(=O)[nH]c2=O)c1. The van der Waals surface area contributed by atoms with Gasteiger partial charge in [0.25, 0.3) is 5.56 Å². The molecule has 94 valence electrons. The Bertz CT molecular complexity index is 685. The highest BCUT2D eigenvalue weighted by Gasteiger charge is 2.17. The summed E-state index contributed by atoms with van der Waals surface area (Å²) >= 11 is 0. The van der Waals surface area contributed by atoms with Gasteiger partial charge in [-0.1, -0.05) is 36.8 Å². The van der Waals surface area contributed by atoms with E-state index in [0.717, 1.165) is 11.1 Å². The van der Waals surface area contributed by atoms with Crippen molar-refractivity contribution in [3.05, 3.63) is 61.8 Å². The summed E-state index contributed by atoms with van der Waals surface area (Å²) in [5, 5.41) is 9.70. The van der Waals surface area contributed by atoms with Crippen LogP contribution in [0.15, 0.2) is 33.9 Å². The van der Waals surface area contributed by atoms with Crippen molar-refractivity contribution in [3.63, 3.8) is 0 Å². The zero-order valence-corrected chi connectivity index (χ0v) is 10.2. The molecule has 0 spiro atoms. The molecule has 1 heterocycles. The standard InChI is InChI=1S/C13H14N2O3/c1-7-4-3-5-9(6-7)8(2)10-11(16)14-13(18)15-12(10)17/h3-6,8H,1-2H3,(H3,14,15,16,17,18). The largest absolute Gasteiger partial charge is 0.494 e. The van der Waals surface area contributed by atoms with Crippen molar-refractivity contribution in [1.29, 1.82) is 0 Å². The van der Waals surface area contributed by atoms with Crippen LogP contribution in [0.3, 0.4) is 0 Å². The molecule has 2 rings (SSSR count). The summed E-state index contributed by atoms with van der Waals surface area (Å²) in [4.78, 5) is 27.0. The lowest BCUT2D eigenvalue weighted by Gasteiger charge is -2.12. The molecule has 5 heteroatoms. The van der Waals surface area contributed by atoms with Crippen molar-refractivity contribution in [2.45, 2.75) is 19.8 Å². The molecular formula is C13H14N2O3. The zero-order chi connectivity index (χ0) is 13.3. The number of aromatic hydroxyl groups is 1. The van der Waals surface area contributed by atoms with Crippen molar-refractivity contribution in [2.24, 2.45) is 0 Å². The predicted octanol–water partition coefficient (Wildman–Crippen LogP) is 1.23. The highest BCUT2D eigenvalue weighted by molar-refractivity contribution is 5.36. The minimum atomic E-state index is -0.710. The number of aromatic amines is 2. The predicted molar refractivity (Wildman–Crippen MR) is 68.0 cm³/mol. The van der Waals surface area contributed by atoms with E-state index in [1.807, 2.05) is 31.2 Å². The second kappa shape index (κ2) is 4.52.